The summed E-state index contributed by atoms with van der Waals surface area (Å²) in [6, 6.07) is 8.35. The largest absolute Gasteiger partial charge is 0.355 e. The predicted octanol–water partition coefficient (Wildman–Crippen LogP) is 2.74. The van der Waals surface area contributed by atoms with Crippen molar-refractivity contribution in [2.24, 2.45) is 10.4 Å². The zero-order valence-corrected chi connectivity index (χ0v) is 21.3. The van der Waals surface area contributed by atoms with E-state index in [0.29, 0.717) is 32.0 Å². The molecule has 1 aliphatic carbocycles. The second kappa shape index (κ2) is 11.7. The first-order valence-corrected chi connectivity index (χ1v) is 11.0. The number of carbonyl (C=O) groups excluding carboxylic acids is 2. The Morgan fingerprint density at radius 3 is 2.29 bits per heavy atom. The minimum atomic E-state index is -0.324. The molecule has 0 unspecified atom stereocenters. The Kier molecular flexibility index (Phi) is 9.58. The quantitative estimate of drug-likeness (QED) is 0.316. The molecule has 1 heterocycles. The standard InChI is InChI=1S/C23H35N5O2.HI/c1-24-22(26-17-23(12-4-5-13-23)21(30)27(2)3)25-15-18-8-10-19(11-9-18)16-28-14-6-7-20(28)29;/h8-11H,4-7,12-17H2,1-3H3,(H2,24,25,26);1H. The number of rotatable bonds is 7. The predicted molar refractivity (Wildman–Crippen MR) is 134 cm³/mol. The molecule has 2 aliphatic rings. The molecule has 0 radical (unpaired) electrons. The van der Waals surface area contributed by atoms with Crippen molar-refractivity contribution >= 4 is 41.8 Å². The van der Waals surface area contributed by atoms with Crippen LogP contribution >= 0.6 is 24.0 Å². The van der Waals surface area contributed by atoms with Gasteiger partial charge in [-0.15, -0.1) is 24.0 Å². The van der Waals surface area contributed by atoms with E-state index >= 15 is 0 Å². The minimum Gasteiger partial charge on any atom is -0.355 e. The average Bonchev–Trinajstić information content (AvgIpc) is 3.38. The van der Waals surface area contributed by atoms with Gasteiger partial charge in [-0.3, -0.25) is 14.6 Å². The Labute approximate surface area is 203 Å². The molecule has 8 heteroatoms. The Bertz CT molecular complexity index is 773. The highest BCUT2D eigenvalue weighted by atomic mass is 127. The number of guanidine groups is 1. The van der Waals surface area contributed by atoms with Crippen molar-refractivity contribution in [3.8, 4) is 0 Å². The fourth-order valence-corrected chi connectivity index (χ4v) is 4.51. The monoisotopic (exact) mass is 541 g/mol. The van der Waals surface area contributed by atoms with Crippen molar-refractivity contribution in [1.82, 2.24) is 20.4 Å². The van der Waals surface area contributed by atoms with Gasteiger partial charge in [0.05, 0.1) is 5.41 Å². The summed E-state index contributed by atoms with van der Waals surface area (Å²) in [6.07, 6.45) is 5.69. The lowest BCUT2D eigenvalue weighted by atomic mass is 9.84. The summed E-state index contributed by atoms with van der Waals surface area (Å²) in [4.78, 5) is 32.5. The Hall–Kier alpha value is -1.84. The van der Waals surface area contributed by atoms with Crippen LogP contribution in [0.1, 0.15) is 49.7 Å². The van der Waals surface area contributed by atoms with Gasteiger partial charge >= 0.3 is 0 Å². The number of benzene rings is 1. The van der Waals surface area contributed by atoms with Gasteiger partial charge in [0, 0.05) is 53.7 Å². The van der Waals surface area contributed by atoms with Crippen molar-refractivity contribution < 1.29 is 9.59 Å². The number of hydrogen-bond acceptors (Lipinski definition) is 3. The summed E-state index contributed by atoms with van der Waals surface area (Å²) in [6.45, 7) is 2.81. The maximum Gasteiger partial charge on any atom is 0.230 e. The van der Waals surface area contributed by atoms with Gasteiger partial charge in [-0.2, -0.15) is 0 Å². The SMILES string of the molecule is CN=C(NCc1ccc(CN2CCCC2=O)cc1)NCC1(C(=O)N(C)C)CCCC1.I. The van der Waals surface area contributed by atoms with Gasteiger partial charge in [0.15, 0.2) is 5.96 Å². The van der Waals surface area contributed by atoms with Crippen molar-refractivity contribution in [1.29, 1.82) is 0 Å². The average molecular weight is 541 g/mol. The number of aliphatic imine (C=N–C) groups is 1. The third-order valence-corrected chi connectivity index (χ3v) is 6.27. The molecule has 1 saturated heterocycles. The summed E-state index contributed by atoms with van der Waals surface area (Å²) in [7, 11) is 5.41. The Morgan fingerprint density at radius 1 is 1.10 bits per heavy atom. The molecule has 0 spiro atoms. The van der Waals surface area contributed by atoms with Gasteiger partial charge in [0.1, 0.15) is 0 Å². The van der Waals surface area contributed by atoms with Crippen LogP contribution in [0.25, 0.3) is 0 Å². The molecule has 1 aromatic carbocycles. The van der Waals surface area contributed by atoms with Gasteiger partial charge in [0.25, 0.3) is 0 Å². The van der Waals surface area contributed by atoms with Gasteiger partial charge in [-0.25, -0.2) is 0 Å². The van der Waals surface area contributed by atoms with Crippen LogP contribution in [0.5, 0.6) is 0 Å². The fraction of sp³-hybridized carbons (Fsp3) is 0.609. The van der Waals surface area contributed by atoms with E-state index in [2.05, 4.69) is 39.9 Å². The third kappa shape index (κ3) is 6.57. The zero-order valence-electron chi connectivity index (χ0n) is 18.9. The van der Waals surface area contributed by atoms with Crippen molar-refractivity contribution in [3.63, 3.8) is 0 Å². The van der Waals surface area contributed by atoms with Crippen LogP contribution < -0.4 is 10.6 Å². The smallest absolute Gasteiger partial charge is 0.230 e. The molecule has 7 nitrogen and oxygen atoms in total. The van der Waals surface area contributed by atoms with Gasteiger partial charge < -0.3 is 20.4 Å². The van der Waals surface area contributed by atoms with Gasteiger partial charge in [-0.1, -0.05) is 37.1 Å². The van der Waals surface area contributed by atoms with E-state index in [1.54, 1.807) is 11.9 Å². The highest BCUT2D eigenvalue weighted by Crippen LogP contribution is 2.38. The van der Waals surface area contributed by atoms with Crippen LogP contribution in [0.3, 0.4) is 0 Å². The van der Waals surface area contributed by atoms with Crippen LogP contribution in [0.2, 0.25) is 0 Å². The minimum absolute atomic E-state index is 0. The molecule has 0 aromatic heterocycles. The lowest BCUT2D eigenvalue weighted by molar-refractivity contribution is -0.138. The topological polar surface area (TPSA) is 77.0 Å². The fourth-order valence-electron chi connectivity index (χ4n) is 4.51. The summed E-state index contributed by atoms with van der Waals surface area (Å²) in [5, 5.41) is 6.71. The number of nitrogens with zero attached hydrogens (tertiary/aromatic N) is 3. The molecular formula is C23H36IN5O2. The zero-order chi connectivity index (χ0) is 21.6. The lowest BCUT2D eigenvalue weighted by Crippen LogP contribution is -2.49. The van der Waals surface area contributed by atoms with Crippen LogP contribution in [-0.2, 0) is 22.7 Å². The molecular weight excluding hydrogens is 505 g/mol. The Balaban J connectivity index is 0.00000341. The van der Waals surface area contributed by atoms with E-state index in [4.69, 9.17) is 0 Å². The molecule has 3 rings (SSSR count). The van der Waals surface area contributed by atoms with Crippen molar-refractivity contribution in [3.05, 3.63) is 35.4 Å². The molecule has 2 fully saturated rings. The lowest BCUT2D eigenvalue weighted by Gasteiger charge is -2.31. The highest BCUT2D eigenvalue weighted by Gasteiger charge is 2.42. The molecule has 1 saturated carbocycles. The van der Waals surface area contributed by atoms with E-state index in [1.165, 1.54) is 0 Å². The van der Waals surface area contributed by atoms with Crippen LogP contribution in [0.4, 0.5) is 0 Å². The first kappa shape index (κ1) is 25.4. The van der Waals surface area contributed by atoms with E-state index in [-0.39, 0.29) is 41.2 Å². The molecule has 31 heavy (non-hydrogen) atoms. The molecule has 1 aliphatic heterocycles. The highest BCUT2D eigenvalue weighted by molar-refractivity contribution is 14.0. The second-order valence-electron chi connectivity index (χ2n) is 8.70. The van der Waals surface area contributed by atoms with E-state index in [0.717, 1.165) is 49.8 Å². The van der Waals surface area contributed by atoms with E-state index < -0.39 is 0 Å². The summed E-state index contributed by atoms with van der Waals surface area (Å²) >= 11 is 0. The molecule has 2 amide bonds. The summed E-state index contributed by atoms with van der Waals surface area (Å²) in [5.74, 6) is 1.16. The number of likely N-dealkylation sites (tertiary alicyclic amines) is 1. The molecule has 172 valence electrons. The third-order valence-electron chi connectivity index (χ3n) is 6.27. The summed E-state index contributed by atoms with van der Waals surface area (Å²) < 4.78 is 0. The first-order valence-electron chi connectivity index (χ1n) is 11.0. The van der Waals surface area contributed by atoms with Crippen LogP contribution in [0, 0.1) is 5.41 Å². The van der Waals surface area contributed by atoms with Gasteiger partial charge in [-0.05, 0) is 30.4 Å². The maximum absolute atomic E-state index is 12.7. The molecule has 2 N–H and O–H groups in total. The number of hydrogen-bond donors (Lipinski definition) is 2. The number of amides is 2. The molecule has 0 bridgehead atoms. The normalized spacial score (nSPS) is 18.0. The Morgan fingerprint density at radius 2 is 1.74 bits per heavy atom. The number of carbonyl (C=O) groups is 2. The van der Waals surface area contributed by atoms with E-state index in [9.17, 15) is 9.59 Å². The maximum atomic E-state index is 12.7. The summed E-state index contributed by atoms with van der Waals surface area (Å²) in [5.41, 5.74) is 1.98. The van der Waals surface area contributed by atoms with Crippen LogP contribution in [0.15, 0.2) is 29.3 Å². The van der Waals surface area contributed by atoms with Crippen LogP contribution in [-0.4, -0.2) is 61.8 Å². The molecule has 1 aromatic rings. The first-order chi connectivity index (χ1) is 14.4. The molecule has 0 atom stereocenters. The van der Waals surface area contributed by atoms with Crippen molar-refractivity contribution in [2.75, 3.05) is 34.2 Å². The number of nitrogens with one attached hydrogen (secondary N) is 2. The van der Waals surface area contributed by atoms with Gasteiger partial charge in [0.2, 0.25) is 11.8 Å². The second-order valence-corrected chi connectivity index (χ2v) is 8.70. The van der Waals surface area contributed by atoms with Crippen molar-refractivity contribution in [2.45, 2.75) is 51.6 Å². The van der Waals surface area contributed by atoms with E-state index in [1.807, 2.05) is 19.0 Å². The number of halogens is 1.